The molecule has 1 saturated heterocycles. The summed E-state index contributed by atoms with van der Waals surface area (Å²) in [5, 5.41) is 9.37. The first-order chi connectivity index (χ1) is 12.2. The zero-order valence-corrected chi connectivity index (χ0v) is 16.2. The molecule has 0 aromatic heterocycles. The molecule has 1 heterocycles. The van der Waals surface area contributed by atoms with Crippen LogP contribution < -0.4 is 0 Å². The van der Waals surface area contributed by atoms with Crippen LogP contribution in [0, 0.1) is 0 Å². The third kappa shape index (κ3) is 5.46. The second-order valence-electron chi connectivity index (χ2n) is 7.81. The molecular weight excluding hydrogens is 332 g/mol. The van der Waals surface area contributed by atoms with E-state index < -0.39 is 11.6 Å². The molecule has 6 nitrogen and oxygen atoms in total. The van der Waals surface area contributed by atoms with E-state index in [1.54, 1.807) is 12.1 Å². The molecular formula is C20H30N2O4. The smallest absolute Gasteiger partial charge is 0.410 e. The van der Waals surface area contributed by atoms with Gasteiger partial charge in [0, 0.05) is 32.2 Å². The lowest BCUT2D eigenvalue weighted by Gasteiger charge is -2.42. The van der Waals surface area contributed by atoms with Crippen LogP contribution in [0.3, 0.4) is 0 Å². The number of ether oxygens (including phenoxy) is 1. The number of aromatic carboxylic acids is 1. The van der Waals surface area contributed by atoms with Gasteiger partial charge in [-0.1, -0.05) is 31.5 Å². The van der Waals surface area contributed by atoms with E-state index in [1.807, 2.05) is 37.8 Å². The number of carbonyl (C=O) groups excluding carboxylic acids is 1. The van der Waals surface area contributed by atoms with Gasteiger partial charge in [-0.3, -0.25) is 4.90 Å². The SMILES string of the molecule is CCC[C@@H]1CN(Cc2ccccc2C(=O)O)CCN1C(=O)OC(C)(C)C. The van der Waals surface area contributed by atoms with Crippen molar-refractivity contribution < 1.29 is 19.4 Å². The van der Waals surface area contributed by atoms with Crippen LogP contribution in [0.25, 0.3) is 0 Å². The molecule has 1 aromatic rings. The molecule has 0 saturated carbocycles. The molecule has 26 heavy (non-hydrogen) atoms. The Kier molecular flexibility index (Phi) is 6.64. The van der Waals surface area contributed by atoms with Crippen molar-refractivity contribution in [2.45, 2.75) is 58.7 Å². The zero-order valence-electron chi connectivity index (χ0n) is 16.2. The van der Waals surface area contributed by atoms with E-state index in [2.05, 4.69) is 11.8 Å². The van der Waals surface area contributed by atoms with Gasteiger partial charge in [0.05, 0.1) is 5.56 Å². The van der Waals surface area contributed by atoms with E-state index in [4.69, 9.17) is 4.74 Å². The minimum Gasteiger partial charge on any atom is -0.478 e. The van der Waals surface area contributed by atoms with Crippen molar-refractivity contribution in [3.05, 3.63) is 35.4 Å². The molecule has 1 N–H and O–H groups in total. The van der Waals surface area contributed by atoms with Gasteiger partial charge < -0.3 is 14.7 Å². The molecule has 0 radical (unpaired) electrons. The summed E-state index contributed by atoms with van der Waals surface area (Å²) < 4.78 is 5.55. The van der Waals surface area contributed by atoms with Crippen LogP contribution in [0.15, 0.2) is 24.3 Å². The van der Waals surface area contributed by atoms with Crippen molar-refractivity contribution in [1.82, 2.24) is 9.80 Å². The van der Waals surface area contributed by atoms with Gasteiger partial charge in [0.1, 0.15) is 5.60 Å². The number of piperazine rings is 1. The van der Waals surface area contributed by atoms with Crippen LogP contribution in [-0.4, -0.2) is 58.2 Å². The maximum Gasteiger partial charge on any atom is 0.410 e. The Hall–Kier alpha value is -2.08. The normalized spacial score (nSPS) is 18.6. The quantitative estimate of drug-likeness (QED) is 0.866. The minimum absolute atomic E-state index is 0.0839. The Balaban J connectivity index is 2.07. The van der Waals surface area contributed by atoms with E-state index in [0.29, 0.717) is 25.2 Å². The molecule has 1 atom stereocenters. The standard InChI is InChI=1S/C20H30N2O4/c1-5-8-16-14-21(11-12-22(16)19(25)26-20(2,3)4)13-15-9-6-7-10-17(15)18(23)24/h6-7,9-10,16H,5,8,11-14H2,1-4H3,(H,23,24)/t16-/m1/s1. The van der Waals surface area contributed by atoms with Crippen LogP contribution in [0.5, 0.6) is 0 Å². The first kappa shape index (κ1) is 20.2. The summed E-state index contributed by atoms with van der Waals surface area (Å²) >= 11 is 0. The molecule has 2 rings (SSSR count). The highest BCUT2D eigenvalue weighted by molar-refractivity contribution is 5.89. The summed E-state index contributed by atoms with van der Waals surface area (Å²) in [6.45, 7) is 10.3. The average molecular weight is 362 g/mol. The number of carboxylic acid groups (broad SMARTS) is 1. The summed E-state index contributed by atoms with van der Waals surface area (Å²) in [5.74, 6) is -0.905. The number of benzene rings is 1. The number of rotatable bonds is 5. The van der Waals surface area contributed by atoms with Crippen LogP contribution in [0.1, 0.15) is 56.5 Å². The Morgan fingerprint density at radius 1 is 1.23 bits per heavy atom. The number of carbonyl (C=O) groups is 2. The van der Waals surface area contributed by atoms with E-state index in [0.717, 1.165) is 24.9 Å². The molecule has 0 bridgehead atoms. The maximum atomic E-state index is 12.5. The van der Waals surface area contributed by atoms with E-state index >= 15 is 0 Å². The van der Waals surface area contributed by atoms with Gasteiger partial charge in [0.2, 0.25) is 0 Å². The highest BCUT2D eigenvalue weighted by Gasteiger charge is 2.33. The fraction of sp³-hybridized carbons (Fsp3) is 0.600. The van der Waals surface area contributed by atoms with E-state index in [1.165, 1.54) is 0 Å². The Morgan fingerprint density at radius 2 is 1.92 bits per heavy atom. The van der Waals surface area contributed by atoms with Crippen LogP contribution in [0.2, 0.25) is 0 Å². The van der Waals surface area contributed by atoms with E-state index in [-0.39, 0.29) is 12.1 Å². The van der Waals surface area contributed by atoms with Gasteiger partial charge in [-0.05, 0) is 38.8 Å². The maximum absolute atomic E-state index is 12.5. The first-order valence-electron chi connectivity index (χ1n) is 9.24. The lowest BCUT2D eigenvalue weighted by Crippen LogP contribution is -2.55. The second-order valence-corrected chi connectivity index (χ2v) is 7.81. The topological polar surface area (TPSA) is 70.1 Å². The molecule has 1 aliphatic rings. The average Bonchev–Trinajstić information content (AvgIpc) is 2.54. The third-order valence-corrected chi connectivity index (χ3v) is 4.46. The molecule has 0 aliphatic carbocycles. The van der Waals surface area contributed by atoms with Crippen LogP contribution in [-0.2, 0) is 11.3 Å². The number of hydrogen-bond acceptors (Lipinski definition) is 4. The molecule has 1 aliphatic heterocycles. The minimum atomic E-state index is -0.905. The number of hydrogen-bond donors (Lipinski definition) is 1. The number of amides is 1. The Morgan fingerprint density at radius 3 is 2.54 bits per heavy atom. The van der Waals surface area contributed by atoms with Gasteiger partial charge in [-0.2, -0.15) is 0 Å². The fourth-order valence-corrected chi connectivity index (χ4v) is 3.31. The predicted molar refractivity (Wildman–Crippen MR) is 100 cm³/mol. The van der Waals surface area contributed by atoms with Gasteiger partial charge in [-0.25, -0.2) is 9.59 Å². The van der Waals surface area contributed by atoms with Crippen LogP contribution in [0.4, 0.5) is 4.79 Å². The highest BCUT2D eigenvalue weighted by Crippen LogP contribution is 2.21. The molecule has 0 spiro atoms. The van der Waals surface area contributed by atoms with Crippen molar-refractivity contribution in [2.75, 3.05) is 19.6 Å². The predicted octanol–water partition coefficient (Wildman–Crippen LogP) is 3.61. The van der Waals surface area contributed by atoms with Crippen molar-refractivity contribution in [3.63, 3.8) is 0 Å². The van der Waals surface area contributed by atoms with Crippen molar-refractivity contribution in [2.24, 2.45) is 0 Å². The summed E-state index contributed by atoms with van der Waals surface area (Å²) in [4.78, 5) is 28.0. The molecule has 1 aromatic carbocycles. The monoisotopic (exact) mass is 362 g/mol. The van der Waals surface area contributed by atoms with Crippen LogP contribution >= 0.6 is 0 Å². The molecule has 6 heteroatoms. The zero-order chi connectivity index (χ0) is 19.3. The van der Waals surface area contributed by atoms with Crippen molar-refractivity contribution in [1.29, 1.82) is 0 Å². The Labute approximate surface area is 155 Å². The van der Waals surface area contributed by atoms with Gasteiger partial charge in [0.15, 0.2) is 0 Å². The largest absolute Gasteiger partial charge is 0.478 e. The van der Waals surface area contributed by atoms with Gasteiger partial charge in [-0.15, -0.1) is 0 Å². The number of carboxylic acids is 1. The number of nitrogens with zero attached hydrogens (tertiary/aromatic N) is 2. The molecule has 1 fully saturated rings. The van der Waals surface area contributed by atoms with Crippen molar-refractivity contribution in [3.8, 4) is 0 Å². The lowest BCUT2D eigenvalue weighted by molar-refractivity contribution is -0.00387. The first-order valence-corrected chi connectivity index (χ1v) is 9.24. The lowest BCUT2D eigenvalue weighted by atomic mass is 10.0. The summed E-state index contributed by atoms with van der Waals surface area (Å²) in [6, 6.07) is 7.19. The second kappa shape index (κ2) is 8.54. The molecule has 144 valence electrons. The van der Waals surface area contributed by atoms with Gasteiger partial charge in [0.25, 0.3) is 0 Å². The summed E-state index contributed by atoms with van der Waals surface area (Å²) in [5.41, 5.74) is 0.640. The van der Waals surface area contributed by atoms with Gasteiger partial charge >= 0.3 is 12.1 Å². The molecule has 0 unspecified atom stereocenters. The van der Waals surface area contributed by atoms with Crippen molar-refractivity contribution >= 4 is 12.1 Å². The Bertz CT molecular complexity index is 639. The highest BCUT2D eigenvalue weighted by atomic mass is 16.6. The van der Waals surface area contributed by atoms with E-state index in [9.17, 15) is 14.7 Å². The third-order valence-electron chi connectivity index (χ3n) is 4.46. The summed E-state index contributed by atoms with van der Waals surface area (Å²) in [6.07, 6.45) is 1.61. The summed E-state index contributed by atoms with van der Waals surface area (Å²) in [7, 11) is 0. The molecule has 1 amide bonds. The fourth-order valence-electron chi connectivity index (χ4n) is 3.31.